The number of carbonyl (C=O) groups is 4. The van der Waals surface area contributed by atoms with Crippen molar-refractivity contribution >= 4 is 34.6 Å². The molecule has 0 radical (unpaired) electrons. The Morgan fingerprint density at radius 2 is 0.765 bits per heavy atom. The topological polar surface area (TPSA) is 201 Å². The predicted molar refractivity (Wildman–Crippen MR) is 116 cm³/mol. The minimum atomic E-state index is -1.83. The highest BCUT2D eigenvalue weighted by molar-refractivity contribution is 6.23. The van der Waals surface area contributed by atoms with Crippen LogP contribution in [0.25, 0.3) is 10.8 Å². The molecule has 0 atom stereocenters. The maximum Gasteiger partial charge on any atom is 0.337 e. The van der Waals surface area contributed by atoms with Gasteiger partial charge in [-0.1, -0.05) is 24.3 Å². The van der Waals surface area contributed by atoms with Crippen molar-refractivity contribution in [2.75, 3.05) is 0 Å². The zero-order valence-corrected chi connectivity index (χ0v) is 17.1. The van der Waals surface area contributed by atoms with E-state index in [-0.39, 0.29) is 10.8 Å². The highest BCUT2D eigenvalue weighted by Gasteiger charge is 2.32. The summed E-state index contributed by atoms with van der Waals surface area (Å²) in [5.74, 6) is -6.98. The van der Waals surface area contributed by atoms with Gasteiger partial charge >= 0.3 is 23.9 Å². The van der Waals surface area contributed by atoms with Crippen LogP contribution < -0.4 is 0 Å². The number of benzene rings is 2. The van der Waals surface area contributed by atoms with Crippen molar-refractivity contribution < 1.29 is 39.6 Å². The molecule has 2 heterocycles. The highest BCUT2D eigenvalue weighted by Crippen LogP contribution is 2.31. The molecule has 4 rings (SSSR count). The molecular weight excluding hydrogens is 448 g/mol. The molecule has 0 aliphatic heterocycles. The lowest BCUT2D eigenvalue weighted by Gasteiger charge is -2.14. The molecule has 0 saturated carbocycles. The van der Waals surface area contributed by atoms with Crippen LogP contribution in [0.2, 0.25) is 0 Å². The van der Waals surface area contributed by atoms with Crippen molar-refractivity contribution in [3.05, 3.63) is 96.1 Å². The quantitative estimate of drug-likeness (QED) is 0.344. The van der Waals surface area contributed by atoms with E-state index in [1.165, 1.54) is 36.9 Å². The molecule has 172 valence electrons. The van der Waals surface area contributed by atoms with Crippen molar-refractivity contribution in [1.82, 2.24) is 19.9 Å². The fourth-order valence-electron chi connectivity index (χ4n) is 2.82. The van der Waals surface area contributed by atoms with Crippen LogP contribution in [0, 0.1) is 0 Å². The van der Waals surface area contributed by atoms with Gasteiger partial charge in [0.15, 0.2) is 0 Å². The molecule has 0 fully saturated rings. The van der Waals surface area contributed by atoms with E-state index in [0.717, 1.165) is 0 Å². The van der Waals surface area contributed by atoms with Crippen LogP contribution in [-0.2, 0) is 0 Å². The van der Waals surface area contributed by atoms with Gasteiger partial charge in [0.25, 0.3) is 0 Å². The van der Waals surface area contributed by atoms with Gasteiger partial charge in [0.05, 0.1) is 22.3 Å². The third kappa shape index (κ3) is 6.13. The lowest BCUT2D eigenvalue weighted by molar-refractivity contribution is 0.0621. The zero-order chi connectivity index (χ0) is 25.1. The molecule has 12 nitrogen and oxygen atoms in total. The molecule has 2 aromatic heterocycles. The second kappa shape index (κ2) is 12.0. The molecule has 0 bridgehead atoms. The second-order valence-electron chi connectivity index (χ2n) is 6.07. The number of carboxylic acids is 4. The number of nitrogens with zero attached hydrogens (tertiary/aromatic N) is 4. The van der Waals surface area contributed by atoms with Crippen LogP contribution in [0.3, 0.4) is 0 Å². The van der Waals surface area contributed by atoms with Gasteiger partial charge in [0, 0.05) is 24.8 Å². The first-order chi connectivity index (χ1) is 16.3. The molecule has 0 spiro atoms. The smallest absolute Gasteiger partial charge is 0.337 e. The monoisotopic (exact) mass is 464 g/mol. The van der Waals surface area contributed by atoms with E-state index in [4.69, 9.17) is 0 Å². The zero-order valence-electron chi connectivity index (χ0n) is 17.1. The standard InChI is InChI=1S/C14H8O8.2C4H4N2/c15-11(16)7-5-3-1-2-4-6(5)8(12(17)18)10(14(21)22)9(7)13(19)20;2*1-2-5-4-6-3-1/h1-4H,(H,15,16)(H,17,18)(H,19,20)(H,21,22);2*1-4H. The van der Waals surface area contributed by atoms with E-state index in [1.807, 2.05) is 0 Å². The van der Waals surface area contributed by atoms with E-state index < -0.39 is 46.1 Å². The van der Waals surface area contributed by atoms with Gasteiger partial charge in [0.1, 0.15) is 12.7 Å². The molecule has 2 aromatic carbocycles. The molecule has 4 aromatic rings. The van der Waals surface area contributed by atoms with Gasteiger partial charge in [-0.3, -0.25) is 0 Å². The molecule has 0 saturated heterocycles. The Kier molecular flexibility index (Phi) is 8.79. The first-order valence-electron chi connectivity index (χ1n) is 9.19. The molecular formula is C22H16N4O8. The van der Waals surface area contributed by atoms with E-state index in [9.17, 15) is 39.6 Å². The average molecular weight is 464 g/mol. The third-order valence-electron chi connectivity index (χ3n) is 4.03. The minimum absolute atomic E-state index is 0.158. The molecule has 0 unspecified atom stereocenters. The fourth-order valence-corrected chi connectivity index (χ4v) is 2.82. The van der Waals surface area contributed by atoms with E-state index in [1.54, 1.807) is 36.9 Å². The largest absolute Gasteiger partial charge is 0.478 e. The number of hydrogen-bond acceptors (Lipinski definition) is 8. The summed E-state index contributed by atoms with van der Waals surface area (Å²) in [5.41, 5.74) is -3.64. The Balaban J connectivity index is 0.000000274. The number of carboxylic acid groups (broad SMARTS) is 4. The summed E-state index contributed by atoms with van der Waals surface area (Å²) >= 11 is 0. The summed E-state index contributed by atoms with van der Waals surface area (Å²) in [5, 5.41) is 36.6. The maximum atomic E-state index is 11.4. The normalized spacial score (nSPS) is 9.53. The second-order valence-corrected chi connectivity index (χ2v) is 6.07. The fraction of sp³-hybridized carbons (Fsp3) is 0. The van der Waals surface area contributed by atoms with Gasteiger partial charge in [-0.25, -0.2) is 39.1 Å². The summed E-state index contributed by atoms with van der Waals surface area (Å²) in [6.07, 6.45) is 9.75. The SMILES string of the molecule is O=C(O)c1c(C(=O)O)c(C(=O)O)c2ccccc2c1C(=O)O.c1cncnc1.c1cncnc1. The van der Waals surface area contributed by atoms with E-state index in [2.05, 4.69) is 19.9 Å². The molecule has 4 N–H and O–H groups in total. The van der Waals surface area contributed by atoms with E-state index in [0.29, 0.717) is 0 Å². The van der Waals surface area contributed by atoms with Crippen LogP contribution in [0.4, 0.5) is 0 Å². The third-order valence-corrected chi connectivity index (χ3v) is 4.03. The number of aromatic carboxylic acids is 4. The van der Waals surface area contributed by atoms with Gasteiger partial charge in [-0.2, -0.15) is 0 Å². The Hall–Kier alpha value is -5.26. The van der Waals surface area contributed by atoms with Crippen molar-refractivity contribution in [2.45, 2.75) is 0 Å². The maximum absolute atomic E-state index is 11.4. The van der Waals surface area contributed by atoms with Crippen LogP contribution in [0.1, 0.15) is 41.4 Å². The number of aromatic nitrogens is 4. The van der Waals surface area contributed by atoms with Crippen molar-refractivity contribution in [3.8, 4) is 0 Å². The van der Waals surface area contributed by atoms with Crippen LogP contribution in [0.5, 0.6) is 0 Å². The number of rotatable bonds is 4. The lowest BCUT2D eigenvalue weighted by atomic mass is 9.88. The molecule has 0 amide bonds. The Bertz CT molecular complexity index is 1160. The first kappa shape index (κ1) is 25.0. The first-order valence-corrected chi connectivity index (χ1v) is 9.19. The average Bonchev–Trinajstić information content (AvgIpc) is 2.84. The molecule has 0 aliphatic rings. The summed E-state index contributed by atoms with van der Waals surface area (Å²) in [7, 11) is 0. The van der Waals surface area contributed by atoms with Crippen molar-refractivity contribution in [1.29, 1.82) is 0 Å². The number of hydrogen-bond donors (Lipinski definition) is 4. The lowest BCUT2D eigenvalue weighted by Crippen LogP contribution is -2.20. The van der Waals surface area contributed by atoms with Gasteiger partial charge < -0.3 is 20.4 Å². The minimum Gasteiger partial charge on any atom is -0.478 e. The molecule has 34 heavy (non-hydrogen) atoms. The summed E-state index contributed by atoms with van der Waals surface area (Å²) in [6.45, 7) is 0. The Labute approximate surface area is 190 Å². The van der Waals surface area contributed by atoms with Crippen molar-refractivity contribution in [3.63, 3.8) is 0 Å². The van der Waals surface area contributed by atoms with Crippen LogP contribution in [0.15, 0.2) is 73.8 Å². The summed E-state index contributed by atoms with van der Waals surface area (Å²) in [4.78, 5) is 60.2. The van der Waals surface area contributed by atoms with E-state index >= 15 is 0 Å². The Morgan fingerprint density at radius 3 is 0.941 bits per heavy atom. The van der Waals surface area contributed by atoms with Crippen LogP contribution >= 0.6 is 0 Å². The summed E-state index contributed by atoms with van der Waals surface area (Å²) < 4.78 is 0. The summed E-state index contributed by atoms with van der Waals surface area (Å²) in [6, 6.07) is 8.80. The van der Waals surface area contributed by atoms with Gasteiger partial charge in [-0.15, -0.1) is 0 Å². The highest BCUT2D eigenvalue weighted by atomic mass is 16.4. The molecule has 0 aliphatic carbocycles. The molecule has 12 heteroatoms. The van der Waals surface area contributed by atoms with Gasteiger partial charge in [0.2, 0.25) is 0 Å². The Morgan fingerprint density at radius 1 is 0.471 bits per heavy atom. The van der Waals surface area contributed by atoms with Crippen LogP contribution in [-0.4, -0.2) is 64.2 Å². The number of fused-ring (bicyclic) bond motifs is 1. The van der Waals surface area contributed by atoms with Crippen molar-refractivity contribution in [2.24, 2.45) is 0 Å². The predicted octanol–water partition coefficient (Wildman–Crippen LogP) is 2.59. The van der Waals surface area contributed by atoms with Gasteiger partial charge in [-0.05, 0) is 22.9 Å².